The van der Waals surface area contributed by atoms with Gasteiger partial charge < -0.3 is 14.8 Å². The van der Waals surface area contributed by atoms with E-state index in [-0.39, 0.29) is 12.5 Å². The van der Waals surface area contributed by atoms with Crippen molar-refractivity contribution < 1.29 is 19.1 Å². The number of nitrogens with one attached hydrogen (secondary N) is 1. The summed E-state index contributed by atoms with van der Waals surface area (Å²) in [6, 6.07) is 8.44. The van der Waals surface area contributed by atoms with Crippen LogP contribution < -0.4 is 10.1 Å². The third-order valence-electron chi connectivity index (χ3n) is 3.81. The van der Waals surface area contributed by atoms with E-state index >= 15 is 0 Å². The minimum atomic E-state index is -0.505. The summed E-state index contributed by atoms with van der Waals surface area (Å²) in [6.45, 7) is 5.77. The molecule has 25 heavy (non-hydrogen) atoms. The van der Waals surface area contributed by atoms with Crippen LogP contribution in [0.1, 0.15) is 27.0 Å². The van der Waals surface area contributed by atoms with Gasteiger partial charge in [-0.1, -0.05) is 17.7 Å². The van der Waals surface area contributed by atoms with Gasteiger partial charge in [-0.25, -0.2) is 4.79 Å². The standard InChI is InChI=1S/C19H20ClNO4/c1-11-7-13(3)17(8-12(11)2)25-10-18(22)21-16-9-14(19(23)24-4)5-6-15(16)20/h5-9H,10H2,1-4H3,(H,21,22). The van der Waals surface area contributed by atoms with Crippen molar-refractivity contribution in [3.05, 3.63) is 57.6 Å². The molecule has 0 atom stereocenters. The third-order valence-corrected chi connectivity index (χ3v) is 4.14. The van der Waals surface area contributed by atoms with Gasteiger partial charge in [0.25, 0.3) is 5.91 Å². The molecule has 1 amide bonds. The first kappa shape index (κ1) is 18.8. The molecule has 0 saturated heterocycles. The predicted octanol–water partition coefficient (Wildman–Crippen LogP) is 4.07. The topological polar surface area (TPSA) is 64.6 Å². The Balaban J connectivity index is 2.06. The van der Waals surface area contributed by atoms with Gasteiger partial charge in [-0.15, -0.1) is 0 Å². The molecule has 0 aliphatic rings. The molecule has 0 bridgehead atoms. The molecule has 0 aliphatic carbocycles. The van der Waals surface area contributed by atoms with Crippen molar-refractivity contribution in [2.75, 3.05) is 19.0 Å². The SMILES string of the molecule is COC(=O)c1ccc(Cl)c(NC(=O)COc2cc(C)c(C)cc2C)c1. The fourth-order valence-electron chi connectivity index (χ4n) is 2.29. The number of rotatable bonds is 5. The van der Waals surface area contributed by atoms with Crippen molar-refractivity contribution in [3.8, 4) is 5.75 Å². The summed E-state index contributed by atoms with van der Waals surface area (Å²) in [5.41, 5.74) is 3.85. The van der Waals surface area contributed by atoms with Crippen LogP contribution >= 0.6 is 11.6 Å². The zero-order valence-electron chi connectivity index (χ0n) is 14.6. The molecule has 2 aromatic rings. The molecular formula is C19H20ClNO4. The number of anilines is 1. The number of hydrogen-bond donors (Lipinski definition) is 1. The number of amides is 1. The maximum absolute atomic E-state index is 12.1. The van der Waals surface area contributed by atoms with Crippen LogP contribution in [0.2, 0.25) is 5.02 Å². The molecular weight excluding hydrogens is 342 g/mol. The van der Waals surface area contributed by atoms with Gasteiger partial charge in [0, 0.05) is 0 Å². The van der Waals surface area contributed by atoms with E-state index in [2.05, 4.69) is 10.1 Å². The number of ether oxygens (including phenoxy) is 2. The van der Waals surface area contributed by atoms with Crippen molar-refractivity contribution >= 4 is 29.2 Å². The number of halogens is 1. The summed E-state index contributed by atoms with van der Waals surface area (Å²) < 4.78 is 10.3. The summed E-state index contributed by atoms with van der Waals surface area (Å²) in [4.78, 5) is 23.7. The Morgan fingerprint density at radius 2 is 1.72 bits per heavy atom. The largest absolute Gasteiger partial charge is 0.483 e. The van der Waals surface area contributed by atoms with E-state index in [0.29, 0.717) is 22.0 Å². The molecule has 0 aliphatic heterocycles. The molecule has 0 heterocycles. The molecule has 0 unspecified atom stereocenters. The fourth-order valence-corrected chi connectivity index (χ4v) is 2.45. The van der Waals surface area contributed by atoms with Gasteiger partial charge in [-0.2, -0.15) is 0 Å². The molecule has 2 aromatic carbocycles. The zero-order valence-corrected chi connectivity index (χ0v) is 15.4. The van der Waals surface area contributed by atoms with Crippen LogP contribution in [0, 0.1) is 20.8 Å². The summed E-state index contributed by atoms with van der Waals surface area (Å²) >= 11 is 6.06. The van der Waals surface area contributed by atoms with Crippen molar-refractivity contribution in [2.24, 2.45) is 0 Å². The van der Waals surface area contributed by atoms with E-state index in [1.54, 1.807) is 0 Å². The van der Waals surface area contributed by atoms with Crippen LogP contribution in [0.4, 0.5) is 5.69 Å². The molecule has 0 radical (unpaired) electrons. The van der Waals surface area contributed by atoms with E-state index in [9.17, 15) is 9.59 Å². The van der Waals surface area contributed by atoms with Gasteiger partial charge in [0.1, 0.15) is 5.75 Å². The van der Waals surface area contributed by atoms with Crippen LogP contribution in [0.3, 0.4) is 0 Å². The van der Waals surface area contributed by atoms with Crippen molar-refractivity contribution in [3.63, 3.8) is 0 Å². The van der Waals surface area contributed by atoms with Crippen LogP contribution in [-0.4, -0.2) is 25.6 Å². The minimum Gasteiger partial charge on any atom is -0.483 e. The molecule has 0 fully saturated rings. The van der Waals surface area contributed by atoms with Crippen molar-refractivity contribution in [1.29, 1.82) is 0 Å². The van der Waals surface area contributed by atoms with E-state index in [1.807, 2.05) is 32.9 Å². The molecule has 5 nitrogen and oxygen atoms in total. The maximum Gasteiger partial charge on any atom is 0.337 e. The first-order valence-corrected chi connectivity index (χ1v) is 8.08. The van der Waals surface area contributed by atoms with Gasteiger partial charge in [-0.05, 0) is 61.7 Å². The average molecular weight is 362 g/mol. The second kappa shape index (κ2) is 8.03. The highest BCUT2D eigenvalue weighted by molar-refractivity contribution is 6.33. The Bertz CT molecular complexity index is 817. The Labute approximate surface area is 151 Å². The second-order valence-corrected chi connectivity index (χ2v) is 6.13. The molecule has 0 spiro atoms. The number of hydrogen-bond acceptors (Lipinski definition) is 4. The Kier molecular flexibility index (Phi) is 6.04. The first-order valence-electron chi connectivity index (χ1n) is 7.70. The van der Waals surface area contributed by atoms with Crippen molar-refractivity contribution in [2.45, 2.75) is 20.8 Å². The predicted molar refractivity (Wildman–Crippen MR) is 97.6 cm³/mol. The number of benzene rings is 2. The van der Waals surface area contributed by atoms with E-state index in [1.165, 1.54) is 30.9 Å². The number of aryl methyl sites for hydroxylation is 3. The molecule has 1 N–H and O–H groups in total. The number of methoxy groups -OCH3 is 1. The summed E-state index contributed by atoms with van der Waals surface area (Å²) in [6.07, 6.45) is 0. The van der Waals surface area contributed by atoms with Crippen molar-refractivity contribution in [1.82, 2.24) is 0 Å². The second-order valence-electron chi connectivity index (χ2n) is 5.73. The highest BCUT2D eigenvalue weighted by atomic mass is 35.5. The molecule has 0 saturated carbocycles. The van der Waals surface area contributed by atoms with E-state index < -0.39 is 5.97 Å². The van der Waals surface area contributed by atoms with Gasteiger partial charge in [0.2, 0.25) is 0 Å². The van der Waals surface area contributed by atoms with E-state index in [0.717, 1.165) is 11.1 Å². The Hall–Kier alpha value is -2.53. The highest BCUT2D eigenvalue weighted by Gasteiger charge is 2.12. The zero-order chi connectivity index (χ0) is 18.6. The summed E-state index contributed by atoms with van der Waals surface area (Å²) in [7, 11) is 1.29. The number of esters is 1. The maximum atomic E-state index is 12.1. The normalized spacial score (nSPS) is 10.3. The van der Waals surface area contributed by atoms with Crippen LogP contribution in [-0.2, 0) is 9.53 Å². The lowest BCUT2D eigenvalue weighted by Gasteiger charge is -2.13. The van der Waals surface area contributed by atoms with Gasteiger partial charge in [0.05, 0.1) is 23.4 Å². The number of carbonyl (C=O) groups excluding carboxylic acids is 2. The van der Waals surface area contributed by atoms with Crippen LogP contribution in [0.5, 0.6) is 5.75 Å². The lowest BCUT2D eigenvalue weighted by atomic mass is 10.1. The highest BCUT2D eigenvalue weighted by Crippen LogP contribution is 2.24. The third kappa shape index (κ3) is 4.73. The van der Waals surface area contributed by atoms with Gasteiger partial charge in [-0.3, -0.25) is 4.79 Å². The Morgan fingerprint density at radius 3 is 2.40 bits per heavy atom. The van der Waals surface area contributed by atoms with Crippen LogP contribution in [0.25, 0.3) is 0 Å². The summed E-state index contributed by atoms with van der Waals surface area (Å²) in [5, 5.41) is 2.96. The number of carbonyl (C=O) groups is 2. The average Bonchev–Trinajstić information content (AvgIpc) is 2.58. The Morgan fingerprint density at radius 1 is 1.04 bits per heavy atom. The lowest BCUT2D eigenvalue weighted by Crippen LogP contribution is -2.21. The fraction of sp³-hybridized carbons (Fsp3) is 0.263. The smallest absolute Gasteiger partial charge is 0.337 e. The molecule has 0 aromatic heterocycles. The first-order chi connectivity index (χ1) is 11.8. The summed E-state index contributed by atoms with van der Waals surface area (Å²) in [5.74, 6) is -0.219. The van der Waals surface area contributed by atoms with E-state index in [4.69, 9.17) is 16.3 Å². The quantitative estimate of drug-likeness (QED) is 0.815. The molecule has 132 valence electrons. The lowest BCUT2D eigenvalue weighted by molar-refractivity contribution is -0.118. The minimum absolute atomic E-state index is 0.165. The van der Waals surface area contributed by atoms with Gasteiger partial charge >= 0.3 is 5.97 Å². The van der Waals surface area contributed by atoms with Gasteiger partial charge in [0.15, 0.2) is 6.61 Å². The monoisotopic (exact) mass is 361 g/mol. The molecule has 6 heteroatoms. The molecule has 2 rings (SSSR count). The van der Waals surface area contributed by atoms with Crippen LogP contribution in [0.15, 0.2) is 30.3 Å².